The zero-order valence-corrected chi connectivity index (χ0v) is 9.11. The molecule has 0 N–H and O–H groups in total. The van der Waals surface area contributed by atoms with E-state index in [2.05, 4.69) is 15.0 Å². The van der Waals surface area contributed by atoms with Gasteiger partial charge in [0.25, 0.3) is 0 Å². The lowest BCUT2D eigenvalue weighted by Gasteiger charge is -2.28. The molecular weight excluding hydrogens is 200 g/mol. The summed E-state index contributed by atoms with van der Waals surface area (Å²) in [5.41, 5.74) is 0. The zero-order valence-electron chi connectivity index (χ0n) is 8.36. The van der Waals surface area contributed by atoms with Gasteiger partial charge in [0, 0.05) is 19.0 Å². The van der Waals surface area contributed by atoms with Gasteiger partial charge in [-0.3, -0.25) is 9.58 Å². The van der Waals surface area contributed by atoms with Crippen molar-refractivity contribution in [3.8, 4) is 0 Å². The number of hydrogen-bond acceptors (Lipinski definition) is 3. The van der Waals surface area contributed by atoms with Crippen molar-refractivity contribution < 1.29 is 0 Å². The average molecular weight is 215 g/mol. The van der Waals surface area contributed by atoms with E-state index in [9.17, 15) is 0 Å². The van der Waals surface area contributed by atoms with Gasteiger partial charge in [0.2, 0.25) is 0 Å². The lowest BCUT2D eigenvalue weighted by Crippen LogP contribution is -2.36. The standard InChI is InChI=1S/C9H15ClN4/c1-13-9(11-7-12-13)6-14-4-2-3-8(10)5-14/h7-8H,2-6H2,1H3. The van der Waals surface area contributed by atoms with Gasteiger partial charge < -0.3 is 0 Å². The first-order chi connectivity index (χ1) is 6.75. The molecule has 0 saturated carbocycles. The summed E-state index contributed by atoms with van der Waals surface area (Å²) in [6.07, 6.45) is 3.92. The van der Waals surface area contributed by atoms with Gasteiger partial charge in [-0.15, -0.1) is 11.6 Å². The molecule has 1 aliphatic rings. The highest BCUT2D eigenvalue weighted by Gasteiger charge is 2.18. The van der Waals surface area contributed by atoms with Crippen molar-refractivity contribution in [1.82, 2.24) is 19.7 Å². The van der Waals surface area contributed by atoms with Gasteiger partial charge in [-0.1, -0.05) is 0 Å². The van der Waals surface area contributed by atoms with E-state index in [0.29, 0.717) is 5.38 Å². The Kier molecular flexibility index (Phi) is 3.03. The van der Waals surface area contributed by atoms with Crippen molar-refractivity contribution in [2.75, 3.05) is 13.1 Å². The summed E-state index contributed by atoms with van der Waals surface area (Å²) in [6, 6.07) is 0. The second kappa shape index (κ2) is 4.28. The first-order valence-corrected chi connectivity index (χ1v) is 5.38. The van der Waals surface area contributed by atoms with Crippen LogP contribution in [0.5, 0.6) is 0 Å². The number of piperidine rings is 1. The number of rotatable bonds is 2. The molecule has 5 heteroatoms. The smallest absolute Gasteiger partial charge is 0.140 e. The van der Waals surface area contributed by atoms with Gasteiger partial charge in [0.15, 0.2) is 0 Å². The molecular formula is C9H15ClN4. The fourth-order valence-electron chi connectivity index (χ4n) is 1.81. The van der Waals surface area contributed by atoms with Crippen molar-refractivity contribution in [3.05, 3.63) is 12.2 Å². The number of aryl methyl sites for hydroxylation is 1. The van der Waals surface area contributed by atoms with Crippen molar-refractivity contribution in [2.45, 2.75) is 24.8 Å². The van der Waals surface area contributed by atoms with Crippen LogP contribution in [0.25, 0.3) is 0 Å². The molecule has 1 fully saturated rings. The quantitative estimate of drug-likeness (QED) is 0.690. The molecule has 0 bridgehead atoms. The van der Waals surface area contributed by atoms with Crippen LogP contribution >= 0.6 is 11.6 Å². The van der Waals surface area contributed by atoms with E-state index in [1.807, 2.05) is 11.7 Å². The van der Waals surface area contributed by atoms with Crippen LogP contribution in [-0.2, 0) is 13.6 Å². The highest BCUT2D eigenvalue weighted by Crippen LogP contribution is 2.16. The maximum Gasteiger partial charge on any atom is 0.140 e. The summed E-state index contributed by atoms with van der Waals surface area (Å²) in [5, 5.41) is 4.35. The van der Waals surface area contributed by atoms with E-state index in [-0.39, 0.29) is 0 Å². The molecule has 4 nitrogen and oxygen atoms in total. The molecule has 1 atom stereocenters. The maximum atomic E-state index is 6.11. The van der Waals surface area contributed by atoms with Crippen LogP contribution in [0.1, 0.15) is 18.7 Å². The minimum absolute atomic E-state index is 0.303. The molecule has 1 aromatic rings. The van der Waals surface area contributed by atoms with E-state index in [1.54, 1.807) is 6.33 Å². The van der Waals surface area contributed by atoms with E-state index < -0.39 is 0 Å². The van der Waals surface area contributed by atoms with Crippen molar-refractivity contribution in [1.29, 1.82) is 0 Å². The summed E-state index contributed by atoms with van der Waals surface area (Å²) in [5.74, 6) is 1.01. The molecule has 1 aliphatic heterocycles. The fourth-order valence-corrected chi connectivity index (χ4v) is 2.16. The van der Waals surface area contributed by atoms with Gasteiger partial charge in [-0.25, -0.2) is 4.98 Å². The number of halogens is 1. The Labute approximate surface area is 88.9 Å². The SMILES string of the molecule is Cn1ncnc1CN1CCCC(Cl)C1. The Bertz CT molecular complexity index is 299. The van der Waals surface area contributed by atoms with Crippen LogP contribution in [0, 0.1) is 0 Å². The van der Waals surface area contributed by atoms with Crippen molar-refractivity contribution in [2.24, 2.45) is 7.05 Å². The molecule has 0 aliphatic carbocycles. The number of aromatic nitrogens is 3. The number of nitrogens with zero attached hydrogens (tertiary/aromatic N) is 4. The van der Waals surface area contributed by atoms with E-state index in [0.717, 1.165) is 31.9 Å². The largest absolute Gasteiger partial charge is 0.294 e. The van der Waals surface area contributed by atoms with Crippen LogP contribution in [-0.4, -0.2) is 38.1 Å². The Balaban J connectivity index is 1.94. The van der Waals surface area contributed by atoms with Crippen molar-refractivity contribution >= 4 is 11.6 Å². The third kappa shape index (κ3) is 2.25. The molecule has 2 rings (SSSR count). The van der Waals surface area contributed by atoms with Gasteiger partial charge in [0.1, 0.15) is 12.2 Å². The third-order valence-electron chi connectivity index (χ3n) is 2.62. The minimum atomic E-state index is 0.303. The van der Waals surface area contributed by atoms with Gasteiger partial charge in [-0.2, -0.15) is 5.10 Å². The summed E-state index contributed by atoms with van der Waals surface area (Å²) in [4.78, 5) is 6.54. The predicted molar refractivity (Wildman–Crippen MR) is 55.2 cm³/mol. The first-order valence-electron chi connectivity index (χ1n) is 4.95. The Hall–Kier alpha value is -0.610. The van der Waals surface area contributed by atoms with Gasteiger partial charge >= 0.3 is 0 Å². The van der Waals surface area contributed by atoms with E-state index >= 15 is 0 Å². The fraction of sp³-hybridized carbons (Fsp3) is 0.778. The summed E-state index contributed by atoms with van der Waals surface area (Å²) in [7, 11) is 1.92. The second-order valence-electron chi connectivity index (χ2n) is 3.77. The maximum absolute atomic E-state index is 6.11. The normalized spacial score (nSPS) is 24.0. The average Bonchev–Trinajstić information content (AvgIpc) is 2.52. The van der Waals surface area contributed by atoms with Crippen LogP contribution in [0.15, 0.2) is 6.33 Å². The predicted octanol–water partition coefficient (Wildman–Crippen LogP) is 1.02. The first kappa shape index (κ1) is 9.93. The molecule has 14 heavy (non-hydrogen) atoms. The van der Waals surface area contributed by atoms with E-state index in [4.69, 9.17) is 11.6 Å². The zero-order chi connectivity index (χ0) is 9.97. The molecule has 0 amide bonds. The van der Waals surface area contributed by atoms with Crippen LogP contribution < -0.4 is 0 Å². The van der Waals surface area contributed by atoms with Gasteiger partial charge in [0.05, 0.1) is 6.54 Å². The topological polar surface area (TPSA) is 34.0 Å². The molecule has 1 aromatic heterocycles. The van der Waals surface area contributed by atoms with Gasteiger partial charge in [-0.05, 0) is 19.4 Å². The summed E-state index contributed by atoms with van der Waals surface area (Å²) in [6.45, 7) is 2.95. The molecule has 1 saturated heterocycles. The molecule has 0 radical (unpaired) electrons. The minimum Gasteiger partial charge on any atom is -0.294 e. The highest BCUT2D eigenvalue weighted by atomic mass is 35.5. The molecule has 0 spiro atoms. The van der Waals surface area contributed by atoms with Crippen LogP contribution in [0.3, 0.4) is 0 Å². The highest BCUT2D eigenvalue weighted by molar-refractivity contribution is 6.20. The number of hydrogen-bond donors (Lipinski definition) is 0. The summed E-state index contributed by atoms with van der Waals surface area (Å²) >= 11 is 6.11. The number of likely N-dealkylation sites (tertiary alicyclic amines) is 1. The third-order valence-corrected chi connectivity index (χ3v) is 2.97. The van der Waals surface area contributed by atoms with E-state index in [1.165, 1.54) is 6.42 Å². The Morgan fingerprint density at radius 3 is 3.14 bits per heavy atom. The Morgan fingerprint density at radius 1 is 1.64 bits per heavy atom. The molecule has 1 unspecified atom stereocenters. The molecule has 78 valence electrons. The lowest BCUT2D eigenvalue weighted by atomic mass is 10.1. The molecule has 2 heterocycles. The lowest BCUT2D eigenvalue weighted by molar-refractivity contribution is 0.216. The van der Waals surface area contributed by atoms with Crippen molar-refractivity contribution in [3.63, 3.8) is 0 Å². The Morgan fingerprint density at radius 2 is 2.50 bits per heavy atom. The monoisotopic (exact) mass is 214 g/mol. The second-order valence-corrected chi connectivity index (χ2v) is 4.39. The number of alkyl halides is 1. The molecule has 0 aromatic carbocycles. The van der Waals surface area contributed by atoms with Crippen LogP contribution in [0.2, 0.25) is 0 Å². The summed E-state index contributed by atoms with van der Waals surface area (Å²) < 4.78 is 1.82. The van der Waals surface area contributed by atoms with Crippen LogP contribution in [0.4, 0.5) is 0 Å².